The third-order valence-electron chi connectivity index (χ3n) is 10.5. The Labute approximate surface area is 387 Å². The summed E-state index contributed by atoms with van der Waals surface area (Å²) in [4.78, 5) is 35.5. The van der Waals surface area contributed by atoms with E-state index in [1.165, 1.54) is 96.3 Å². The molecule has 0 aliphatic carbocycles. The number of carbonyl (C=O) groups is 2. The number of unbranched alkanes of at least 4 members (excludes halogenated alkanes) is 19. The number of quaternary nitrogens is 1. The summed E-state index contributed by atoms with van der Waals surface area (Å²) in [6.45, 7) is 4.27. The van der Waals surface area contributed by atoms with Crippen molar-refractivity contribution in [2.24, 2.45) is 0 Å². The second-order valence-corrected chi connectivity index (χ2v) is 19.3. The maximum absolute atomic E-state index is 12.7. The molecule has 2 unspecified atom stereocenters. The quantitative estimate of drug-likeness (QED) is 0.0212. The van der Waals surface area contributed by atoms with E-state index in [9.17, 15) is 19.0 Å². The number of rotatable bonds is 45. The van der Waals surface area contributed by atoms with E-state index in [0.29, 0.717) is 17.4 Å². The zero-order valence-electron chi connectivity index (χ0n) is 41.0. The molecule has 0 aliphatic rings. The van der Waals surface area contributed by atoms with Gasteiger partial charge in [-0.15, -0.1) is 0 Å². The Bertz CT molecular complexity index is 1300. The van der Waals surface area contributed by atoms with Crippen LogP contribution >= 0.6 is 7.82 Å². The molecule has 0 heterocycles. The first-order chi connectivity index (χ1) is 30.5. The van der Waals surface area contributed by atoms with Gasteiger partial charge in [-0.05, 0) is 64.2 Å². The molecule has 0 bridgehead atoms. The zero-order valence-corrected chi connectivity index (χ0v) is 41.9. The Morgan fingerprint density at radius 2 is 0.905 bits per heavy atom. The van der Waals surface area contributed by atoms with Crippen molar-refractivity contribution in [1.82, 2.24) is 0 Å². The standard InChI is InChI=1S/C53H94NO8P/c1-6-8-10-12-14-16-18-20-22-24-26-27-28-30-32-34-36-38-40-42-44-46-53(56)62-51(50-61-63(57,58)60-48-47-54(3,4)5)49-59-52(55)45-43-41-39-37-35-33-31-29-25-23-21-19-17-15-13-11-9-7-2/h8,10,14,16,20,22,26-27,30,32,36,38,51H,6-7,9,11-13,15,17-19,21,23-25,28-29,31,33-35,37,39-50H2,1-5H3/p+1/b10-8-,16-14-,22-20-,27-26-,32-30-,38-36-. The van der Waals surface area contributed by atoms with Crippen LogP contribution in [0.3, 0.4) is 0 Å². The van der Waals surface area contributed by atoms with E-state index in [0.717, 1.165) is 70.6 Å². The van der Waals surface area contributed by atoms with Gasteiger partial charge in [0.15, 0.2) is 6.10 Å². The van der Waals surface area contributed by atoms with E-state index in [1.807, 2.05) is 21.1 Å². The number of esters is 2. The predicted octanol–water partition coefficient (Wildman–Crippen LogP) is 15.0. The van der Waals surface area contributed by atoms with Gasteiger partial charge < -0.3 is 18.9 Å². The highest BCUT2D eigenvalue weighted by Gasteiger charge is 2.27. The number of ether oxygens (including phenoxy) is 2. The summed E-state index contributed by atoms with van der Waals surface area (Å²) in [6.07, 6.45) is 56.7. The lowest BCUT2D eigenvalue weighted by Crippen LogP contribution is -2.37. The van der Waals surface area contributed by atoms with Crippen molar-refractivity contribution < 1.29 is 42.1 Å². The smallest absolute Gasteiger partial charge is 0.462 e. The number of phosphoric acid groups is 1. The number of phosphoric ester groups is 1. The second-order valence-electron chi connectivity index (χ2n) is 17.8. The number of carbonyl (C=O) groups excluding carboxylic acids is 2. The molecule has 0 aromatic heterocycles. The number of nitrogens with zero attached hydrogens (tertiary/aromatic N) is 1. The summed E-state index contributed by atoms with van der Waals surface area (Å²) in [5.41, 5.74) is 0. The Kier molecular flexibility index (Phi) is 42.8. The molecular weight excluding hydrogens is 810 g/mol. The van der Waals surface area contributed by atoms with Crippen LogP contribution < -0.4 is 0 Å². The highest BCUT2D eigenvalue weighted by Crippen LogP contribution is 2.43. The van der Waals surface area contributed by atoms with Gasteiger partial charge in [0.1, 0.15) is 19.8 Å². The SMILES string of the molecule is CC/C=C\C/C=C\C/C=C\C/C=C\C/C=C\C/C=C\CCCCC(=O)OC(COC(=O)CCCCCCCCCCCCCCCCCCCC)COP(=O)(O)OCC[N+](C)(C)C. The van der Waals surface area contributed by atoms with Crippen LogP contribution in [0.5, 0.6) is 0 Å². The van der Waals surface area contributed by atoms with Gasteiger partial charge in [0, 0.05) is 12.8 Å². The second kappa shape index (κ2) is 44.6. The maximum atomic E-state index is 12.7. The minimum atomic E-state index is -4.39. The normalized spacial score (nSPS) is 14.1. The fourth-order valence-corrected chi connectivity index (χ4v) is 7.35. The monoisotopic (exact) mass is 905 g/mol. The molecule has 0 amide bonds. The number of hydrogen-bond acceptors (Lipinski definition) is 7. The van der Waals surface area contributed by atoms with Crippen molar-refractivity contribution in [2.75, 3.05) is 47.5 Å². The fraction of sp³-hybridized carbons (Fsp3) is 0.736. The first-order valence-electron chi connectivity index (χ1n) is 25.2. The van der Waals surface area contributed by atoms with E-state index in [4.69, 9.17) is 18.5 Å². The van der Waals surface area contributed by atoms with Crippen molar-refractivity contribution in [3.63, 3.8) is 0 Å². The van der Waals surface area contributed by atoms with Crippen LogP contribution in [0.25, 0.3) is 0 Å². The van der Waals surface area contributed by atoms with Gasteiger partial charge in [-0.25, -0.2) is 4.57 Å². The van der Waals surface area contributed by atoms with E-state index >= 15 is 0 Å². The number of hydrogen-bond donors (Lipinski definition) is 1. The van der Waals surface area contributed by atoms with Crippen LogP contribution in [0.1, 0.15) is 200 Å². The van der Waals surface area contributed by atoms with Crippen molar-refractivity contribution >= 4 is 19.8 Å². The van der Waals surface area contributed by atoms with Crippen molar-refractivity contribution in [3.8, 4) is 0 Å². The number of likely N-dealkylation sites (N-methyl/N-ethyl adjacent to an activating group) is 1. The van der Waals surface area contributed by atoms with Crippen molar-refractivity contribution in [3.05, 3.63) is 72.9 Å². The molecule has 9 nitrogen and oxygen atoms in total. The molecule has 1 N–H and O–H groups in total. The molecule has 0 aromatic carbocycles. The third kappa shape index (κ3) is 48.7. The van der Waals surface area contributed by atoms with E-state index in [-0.39, 0.29) is 32.0 Å². The molecule has 0 aromatic rings. The van der Waals surface area contributed by atoms with Gasteiger partial charge in [-0.3, -0.25) is 18.6 Å². The first kappa shape index (κ1) is 60.5. The highest BCUT2D eigenvalue weighted by molar-refractivity contribution is 7.47. The van der Waals surface area contributed by atoms with Gasteiger partial charge in [0.25, 0.3) is 0 Å². The largest absolute Gasteiger partial charge is 0.472 e. The summed E-state index contributed by atoms with van der Waals surface area (Å²) >= 11 is 0. The lowest BCUT2D eigenvalue weighted by molar-refractivity contribution is -0.870. The van der Waals surface area contributed by atoms with Gasteiger partial charge in [-0.1, -0.05) is 196 Å². The first-order valence-corrected chi connectivity index (χ1v) is 26.7. The van der Waals surface area contributed by atoms with E-state index in [2.05, 4.69) is 86.8 Å². The molecule has 63 heavy (non-hydrogen) atoms. The lowest BCUT2D eigenvalue weighted by Gasteiger charge is -2.24. The van der Waals surface area contributed by atoms with Gasteiger partial charge in [0.05, 0.1) is 27.7 Å². The van der Waals surface area contributed by atoms with Crippen LogP contribution in [-0.4, -0.2) is 74.9 Å². The molecule has 0 saturated carbocycles. The molecule has 0 radical (unpaired) electrons. The molecular formula is C53H95NO8P+. The Morgan fingerprint density at radius 3 is 1.35 bits per heavy atom. The van der Waals surface area contributed by atoms with Crippen molar-refractivity contribution in [2.45, 2.75) is 206 Å². The Hall–Kier alpha value is -2.55. The zero-order chi connectivity index (χ0) is 46.4. The fourth-order valence-electron chi connectivity index (χ4n) is 6.61. The minimum Gasteiger partial charge on any atom is -0.462 e. The summed E-state index contributed by atoms with van der Waals surface area (Å²) < 4.78 is 34.4. The molecule has 0 saturated heterocycles. The maximum Gasteiger partial charge on any atom is 0.472 e. The molecule has 10 heteroatoms. The third-order valence-corrected chi connectivity index (χ3v) is 11.5. The average Bonchev–Trinajstić information content (AvgIpc) is 3.24. The molecule has 0 aliphatic heterocycles. The molecule has 0 fully saturated rings. The molecule has 2 atom stereocenters. The Morgan fingerprint density at radius 1 is 0.508 bits per heavy atom. The topological polar surface area (TPSA) is 108 Å². The van der Waals surface area contributed by atoms with Gasteiger partial charge in [0.2, 0.25) is 0 Å². The van der Waals surface area contributed by atoms with E-state index in [1.54, 1.807) is 0 Å². The summed E-state index contributed by atoms with van der Waals surface area (Å²) in [6, 6.07) is 0. The van der Waals surface area contributed by atoms with Crippen LogP contribution in [0.4, 0.5) is 0 Å². The molecule has 0 spiro atoms. The number of allylic oxidation sites excluding steroid dienone is 12. The highest BCUT2D eigenvalue weighted by atomic mass is 31.2. The average molecular weight is 905 g/mol. The van der Waals surface area contributed by atoms with Crippen molar-refractivity contribution in [1.29, 1.82) is 0 Å². The van der Waals surface area contributed by atoms with Crippen LogP contribution in [-0.2, 0) is 32.7 Å². The van der Waals surface area contributed by atoms with Gasteiger partial charge >= 0.3 is 19.8 Å². The molecule has 364 valence electrons. The predicted molar refractivity (Wildman–Crippen MR) is 266 cm³/mol. The Balaban J connectivity index is 4.36. The molecule has 0 rings (SSSR count). The van der Waals surface area contributed by atoms with E-state index < -0.39 is 26.5 Å². The van der Waals surface area contributed by atoms with Gasteiger partial charge in [-0.2, -0.15) is 0 Å². The summed E-state index contributed by atoms with van der Waals surface area (Å²) in [5.74, 6) is -0.847. The van der Waals surface area contributed by atoms with Crippen LogP contribution in [0, 0.1) is 0 Å². The van der Waals surface area contributed by atoms with Crippen LogP contribution in [0.15, 0.2) is 72.9 Å². The minimum absolute atomic E-state index is 0.0207. The van der Waals surface area contributed by atoms with Crippen LogP contribution in [0.2, 0.25) is 0 Å². The summed E-state index contributed by atoms with van der Waals surface area (Å²) in [7, 11) is 1.44. The lowest BCUT2D eigenvalue weighted by atomic mass is 10.0. The summed E-state index contributed by atoms with van der Waals surface area (Å²) in [5, 5.41) is 0.